The van der Waals surface area contributed by atoms with E-state index in [0.717, 1.165) is 44.2 Å². The van der Waals surface area contributed by atoms with Crippen molar-refractivity contribution in [1.29, 1.82) is 0 Å². The van der Waals surface area contributed by atoms with Crippen molar-refractivity contribution in [2.45, 2.75) is 52.0 Å². The van der Waals surface area contributed by atoms with Crippen molar-refractivity contribution in [2.24, 2.45) is 5.92 Å². The highest BCUT2D eigenvalue weighted by molar-refractivity contribution is 7.10. The Kier molecular flexibility index (Phi) is 5.89. The van der Waals surface area contributed by atoms with E-state index < -0.39 is 0 Å². The summed E-state index contributed by atoms with van der Waals surface area (Å²) in [6.45, 7) is 5.01. The summed E-state index contributed by atoms with van der Waals surface area (Å²) in [5, 5.41) is 2.10. The number of halogens is 1. The van der Waals surface area contributed by atoms with Crippen molar-refractivity contribution in [2.75, 3.05) is 6.54 Å². The van der Waals surface area contributed by atoms with Crippen LogP contribution in [0.15, 0.2) is 35.7 Å². The lowest BCUT2D eigenvalue weighted by Gasteiger charge is -2.38. The summed E-state index contributed by atoms with van der Waals surface area (Å²) in [4.78, 5) is 16.7. The van der Waals surface area contributed by atoms with Crippen LogP contribution in [-0.4, -0.2) is 17.4 Å². The lowest BCUT2D eigenvalue weighted by atomic mass is 9.90. The molecule has 0 N–H and O–H groups in total. The van der Waals surface area contributed by atoms with Gasteiger partial charge in [0.15, 0.2) is 0 Å². The molecule has 2 nitrogen and oxygen atoms in total. The van der Waals surface area contributed by atoms with E-state index in [1.54, 1.807) is 11.3 Å². The third-order valence-corrected chi connectivity index (χ3v) is 6.18. The van der Waals surface area contributed by atoms with Crippen molar-refractivity contribution >= 4 is 17.2 Å². The Morgan fingerprint density at radius 3 is 2.72 bits per heavy atom. The van der Waals surface area contributed by atoms with Gasteiger partial charge < -0.3 is 4.90 Å². The fraction of sp³-hybridized carbons (Fsp3) is 0.476. The maximum absolute atomic E-state index is 13.4. The zero-order valence-electron chi connectivity index (χ0n) is 15.0. The standard InChI is InChI=1S/C21H26FNOS/c1-3-5-6-15(4-2)21(24)23-13-11-19-18(12-14-25-19)20(23)16-7-9-17(22)10-8-16/h7-10,12,14-15,20H,3-6,11,13H2,1-2H3/t15-,20-/m1/s1. The van der Waals surface area contributed by atoms with Gasteiger partial charge in [-0.3, -0.25) is 4.79 Å². The van der Waals surface area contributed by atoms with Crippen LogP contribution in [0.3, 0.4) is 0 Å². The second-order valence-corrected chi connectivity index (χ2v) is 7.78. The van der Waals surface area contributed by atoms with Gasteiger partial charge >= 0.3 is 0 Å². The number of carbonyl (C=O) groups is 1. The molecule has 1 aromatic carbocycles. The number of amides is 1. The average molecular weight is 360 g/mol. The number of carbonyl (C=O) groups excluding carboxylic acids is 1. The van der Waals surface area contributed by atoms with E-state index in [9.17, 15) is 9.18 Å². The highest BCUT2D eigenvalue weighted by Crippen LogP contribution is 2.39. The topological polar surface area (TPSA) is 20.3 Å². The molecule has 2 aromatic rings. The minimum atomic E-state index is -0.239. The van der Waals surface area contributed by atoms with Gasteiger partial charge in [-0.2, -0.15) is 0 Å². The van der Waals surface area contributed by atoms with Gasteiger partial charge in [-0.1, -0.05) is 38.8 Å². The Balaban J connectivity index is 1.94. The number of hydrogen-bond acceptors (Lipinski definition) is 2. The molecule has 3 rings (SSSR count). The molecule has 134 valence electrons. The van der Waals surface area contributed by atoms with Crippen molar-refractivity contribution in [3.05, 3.63) is 57.5 Å². The molecule has 0 unspecified atom stereocenters. The first-order valence-electron chi connectivity index (χ1n) is 9.27. The van der Waals surface area contributed by atoms with E-state index in [1.165, 1.54) is 22.6 Å². The SMILES string of the molecule is CCCC[C@@H](CC)C(=O)N1CCc2sccc2[C@H]1c1ccc(F)cc1. The minimum Gasteiger partial charge on any atom is -0.331 e. The largest absolute Gasteiger partial charge is 0.331 e. The summed E-state index contributed by atoms with van der Waals surface area (Å²) in [6.07, 6.45) is 4.94. The molecule has 0 radical (unpaired) electrons. The van der Waals surface area contributed by atoms with Gasteiger partial charge in [-0.15, -0.1) is 11.3 Å². The fourth-order valence-electron chi connectivity index (χ4n) is 3.75. The fourth-order valence-corrected chi connectivity index (χ4v) is 4.65. The molecular weight excluding hydrogens is 333 g/mol. The molecule has 1 aliphatic heterocycles. The number of hydrogen-bond donors (Lipinski definition) is 0. The van der Waals surface area contributed by atoms with Crippen LogP contribution in [0.5, 0.6) is 0 Å². The number of nitrogens with zero attached hydrogens (tertiary/aromatic N) is 1. The molecule has 1 aliphatic rings. The summed E-state index contributed by atoms with van der Waals surface area (Å²) >= 11 is 1.76. The summed E-state index contributed by atoms with van der Waals surface area (Å²) in [5.41, 5.74) is 2.21. The van der Waals surface area contributed by atoms with Crippen LogP contribution < -0.4 is 0 Å². The molecule has 1 amide bonds. The number of rotatable bonds is 6. The van der Waals surface area contributed by atoms with Crippen LogP contribution in [0, 0.1) is 11.7 Å². The molecule has 1 aromatic heterocycles. The van der Waals surface area contributed by atoms with Gasteiger partial charge in [0.2, 0.25) is 5.91 Å². The van der Waals surface area contributed by atoms with Crippen LogP contribution in [0.1, 0.15) is 61.6 Å². The van der Waals surface area contributed by atoms with Gasteiger partial charge in [-0.05, 0) is 54.0 Å². The van der Waals surface area contributed by atoms with Crippen molar-refractivity contribution in [3.63, 3.8) is 0 Å². The molecule has 4 heteroatoms. The van der Waals surface area contributed by atoms with E-state index >= 15 is 0 Å². The van der Waals surface area contributed by atoms with E-state index in [-0.39, 0.29) is 23.7 Å². The van der Waals surface area contributed by atoms with E-state index in [4.69, 9.17) is 0 Å². The number of benzene rings is 1. The first-order chi connectivity index (χ1) is 12.2. The molecule has 2 atom stereocenters. The second kappa shape index (κ2) is 8.13. The summed E-state index contributed by atoms with van der Waals surface area (Å²) in [5.74, 6) is 0.0996. The van der Waals surface area contributed by atoms with Crippen LogP contribution in [-0.2, 0) is 11.2 Å². The first kappa shape index (κ1) is 18.1. The van der Waals surface area contributed by atoms with Crippen LogP contribution in [0.2, 0.25) is 0 Å². The highest BCUT2D eigenvalue weighted by Gasteiger charge is 2.35. The minimum absolute atomic E-state index is 0.0845. The van der Waals surface area contributed by atoms with E-state index in [0.29, 0.717) is 0 Å². The molecule has 0 fully saturated rings. The maximum atomic E-state index is 13.4. The monoisotopic (exact) mass is 359 g/mol. The Bertz CT molecular complexity index is 709. The molecule has 0 spiro atoms. The van der Waals surface area contributed by atoms with Gasteiger partial charge in [0.05, 0.1) is 6.04 Å². The van der Waals surface area contributed by atoms with Crippen LogP contribution in [0.4, 0.5) is 4.39 Å². The van der Waals surface area contributed by atoms with Crippen molar-refractivity contribution in [3.8, 4) is 0 Å². The van der Waals surface area contributed by atoms with Gasteiger partial charge in [-0.25, -0.2) is 4.39 Å². The average Bonchev–Trinajstić information content (AvgIpc) is 3.11. The predicted octanol–water partition coefficient (Wildman–Crippen LogP) is 5.58. The summed E-state index contributed by atoms with van der Waals surface area (Å²) < 4.78 is 13.4. The maximum Gasteiger partial charge on any atom is 0.226 e. The zero-order valence-corrected chi connectivity index (χ0v) is 15.8. The molecule has 2 heterocycles. The molecule has 0 saturated heterocycles. The number of thiophene rings is 1. The molecule has 0 bridgehead atoms. The first-order valence-corrected chi connectivity index (χ1v) is 10.2. The quantitative estimate of drug-likeness (QED) is 0.659. The Morgan fingerprint density at radius 2 is 2.04 bits per heavy atom. The smallest absolute Gasteiger partial charge is 0.226 e. The van der Waals surface area contributed by atoms with Crippen LogP contribution in [0.25, 0.3) is 0 Å². The highest BCUT2D eigenvalue weighted by atomic mass is 32.1. The lowest BCUT2D eigenvalue weighted by Crippen LogP contribution is -2.43. The Labute approximate surface area is 153 Å². The number of unbranched alkanes of at least 4 members (excludes halogenated alkanes) is 1. The van der Waals surface area contributed by atoms with Crippen molar-refractivity contribution < 1.29 is 9.18 Å². The summed E-state index contributed by atoms with van der Waals surface area (Å²) in [7, 11) is 0. The zero-order chi connectivity index (χ0) is 17.8. The van der Waals surface area contributed by atoms with Crippen molar-refractivity contribution in [1.82, 2.24) is 4.90 Å². The lowest BCUT2D eigenvalue weighted by molar-refractivity contribution is -0.138. The third kappa shape index (κ3) is 3.79. The molecular formula is C21H26FNOS. The molecule has 0 aliphatic carbocycles. The Morgan fingerprint density at radius 1 is 1.28 bits per heavy atom. The van der Waals surface area contributed by atoms with Gasteiger partial charge in [0.1, 0.15) is 5.82 Å². The van der Waals surface area contributed by atoms with E-state index in [2.05, 4.69) is 25.3 Å². The van der Waals surface area contributed by atoms with Gasteiger partial charge in [0, 0.05) is 17.3 Å². The second-order valence-electron chi connectivity index (χ2n) is 6.78. The van der Waals surface area contributed by atoms with Gasteiger partial charge in [0.25, 0.3) is 0 Å². The third-order valence-electron chi connectivity index (χ3n) is 5.18. The molecule has 0 saturated carbocycles. The van der Waals surface area contributed by atoms with Crippen LogP contribution >= 0.6 is 11.3 Å². The predicted molar refractivity (Wildman–Crippen MR) is 101 cm³/mol. The number of fused-ring (bicyclic) bond motifs is 1. The Hall–Kier alpha value is -1.68. The summed E-state index contributed by atoms with van der Waals surface area (Å²) in [6, 6.07) is 8.67. The normalized spacial score (nSPS) is 18.0. The molecule has 25 heavy (non-hydrogen) atoms. The van der Waals surface area contributed by atoms with E-state index in [1.807, 2.05) is 17.0 Å².